The van der Waals surface area contributed by atoms with Gasteiger partial charge in [0.05, 0.1) is 0 Å². The Labute approximate surface area is 301 Å². The molecule has 0 bridgehead atoms. The third kappa shape index (κ3) is 6.58. The third-order valence-corrected chi connectivity index (χ3v) is 10.1. The van der Waals surface area contributed by atoms with Crippen LogP contribution in [0.1, 0.15) is 38.9 Å². The highest BCUT2D eigenvalue weighted by Crippen LogP contribution is 2.46. The van der Waals surface area contributed by atoms with Gasteiger partial charge < -0.3 is 14.7 Å². The molecule has 0 aliphatic rings. The van der Waals surface area contributed by atoms with Crippen LogP contribution in [0.4, 0.5) is 0 Å². The Morgan fingerprint density at radius 1 is 0.373 bits per heavy atom. The van der Waals surface area contributed by atoms with E-state index in [1.165, 1.54) is 16.7 Å². The van der Waals surface area contributed by atoms with E-state index in [1.54, 1.807) is 0 Å². The predicted octanol–water partition coefficient (Wildman–Crippen LogP) is 10.9. The molecule has 51 heavy (non-hydrogen) atoms. The smallest absolute Gasteiger partial charge is 0.402 e. The van der Waals surface area contributed by atoms with Crippen LogP contribution in [-0.4, -0.2) is 17.4 Å². The van der Waals surface area contributed by atoms with Gasteiger partial charge in [-0.3, -0.25) is 0 Å². The van der Waals surface area contributed by atoms with E-state index in [0.29, 0.717) is 0 Å². The van der Waals surface area contributed by atoms with E-state index in [4.69, 9.17) is 4.65 Å². The molecule has 3 nitrogen and oxygen atoms in total. The maximum absolute atomic E-state index is 10.7. The number of rotatable bonds is 9. The number of aryl methyl sites for hydroxylation is 4. The van der Waals surface area contributed by atoms with Crippen molar-refractivity contribution in [3.05, 3.63) is 203 Å². The molecule has 7 aromatic carbocycles. The second kappa shape index (κ2) is 14.4. The molecule has 4 heteroatoms. The summed E-state index contributed by atoms with van der Waals surface area (Å²) >= 11 is 0. The van der Waals surface area contributed by atoms with Crippen LogP contribution < -0.4 is 0 Å². The van der Waals surface area contributed by atoms with Crippen LogP contribution in [-0.2, 0) is 10.3 Å². The van der Waals surface area contributed by atoms with Crippen LogP contribution in [0.3, 0.4) is 0 Å². The molecule has 0 aromatic heterocycles. The molecule has 7 aromatic rings. The van der Waals surface area contributed by atoms with E-state index in [2.05, 4.69) is 143 Å². The minimum Gasteiger partial charge on any atom is -0.402 e. The minimum atomic E-state index is -2.06. The van der Waals surface area contributed by atoms with Crippen LogP contribution in [0.5, 0.6) is 0 Å². The maximum Gasteiger partial charge on any atom is 0.635 e. The van der Waals surface area contributed by atoms with Gasteiger partial charge in [0.15, 0.2) is 0 Å². The first-order chi connectivity index (χ1) is 24.8. The van der Waals surface area contributed by atoms with Crippen molar-refractivity contribution in [1.82, 2.24) is 0 Å². The van der Waals surface area contributed by atoms with Gasteiger partial charge in [0, 0.05) is 0 Å². The van der Waals surface area contributed by atoms with E-state index in [-0.39, 0.29) is 0 Å². The molecule has 7 rings (SSSR count). The Bertz CT molecular complexity index is 2220. The first-order valence-electron chi connectivity index (χ1n) is 17.4. The summed E-state index contributed by atoms with van der Waals surface area (Å²) < 4.78 is 6.44. The van der Waals surface area contributed by atoms with Gasteiger partial charge >= 0.3 is 7.32 Å². The molecule has 0 spiro atoms. The van der Waals surface area contributed by atoms with Crippen LogP contribution in [0.2, 0.25) is 0 Å². The summed E-state index contributed by atoms with van der Waals surface area (Å²) in [6.07, 6.45) is 0. The lowest BCUT2D eigenvalue weighted by molar-refractivity contribution is 0.0816. The van der Waals surface area contributed by atoms with Crippen LogP contribution in [0, 0.1) is 27.7 Å². The highest BCUT2D eigenvalue weighted by molar-refractivity contribution is 6.33. The highest BCUT2D eigenvalue weighted by atomic mass is 16.6. The average Bonchev–Trinajstić information content (AvgIpc) is 3.15. The Kier molecular flexibility index (Phi) is 9.57. The molecule has 0 heterocycles. The Morgan fingerprint density at radius 2 is 0.725 bits per heavy atom. The molecule has 0 unspecified atom stereocenters. The molecule has 0 saturated carbocycles. The zero-order valence-corrected chi connectivity index (χ0v) is 29.5. The fourth-order valence-electron chi connectivity index (χ4n) is 7.40. The van der Waals surface area contributed by atoms with Crippen molar-refractivity contribution in [2.45, 2.75) is 33.3 Å². The molecule has 0 radical (unpaired) electrons. The van der Waals surface area contributed by atoms with Crippen molar-refractivity contribution < 1.29 is 14.7 Å². The summed E-state index contributed by atoms with van der Waals surface area (Å²) in [7, 11) is -2.06. The average molecular weight is 665 g/mol. The lowest BCUT2D eigenvalue weighted by atomic mass is 9.76. The van der Waals surface area contributed by atoms with E-state index in [1.807, 2.05) is 48.5 Å². The summed E-state index contributed by atoms with van der Waals surface area (Å²) in [6.45, 7) is 8.47. The standard InChI is InChI=1S/C47H41BO3/c1-32-13-5-9-17-41(32)36-21-25-38(26-22-36)47(51-48(49)50,39-27-23-37(24-28-39)42-18-10-6-14-33(42)2)40-29-30-45(43-19-11-7-15-34(43)3)46(31-40)44-20-12-8-16-35(44)4/h5-31,49-50H,1-4H3. The van der Waals surface area contributed by atoms with E-state index in [9.17, 15) is 10.0 Å². The summed E-state index contributed by atoms with van der Waals surface area (Å²) in [5.41, 5.74) is 14.4. The van der Waals surface area contributed by atoms with E-state index < -0.39 is 12.9 Å². The van der Waals surface area contributed by atoms with Crippen molar-refractivity contribution in [2.24, 2.45) is 0 Å². The number of hydrogen-bond acceptors (Lipinski definition) is 3. The summed E-state index contributed by atoms with van der Waals surface area (Å²) in [5.74, 6) is 0. The first kappa shape index (κ1) is 34.0. The number of hydrogen-bond donors (Lipinski definition) is 2. The van der Waals surface area contributed by atoms with Crippen molar-refractivity contribution >= 4 is 7.32 Å². The lowest BCUT2D eigenvalue weighted by Gasteiger charge is -2.37. The van der Waals surface area contributed by atoms with Gasteiger partial charge in [-0.25, -0.2) is 0 Å². The van der Waals surface area contributed by atoms with E-state index in [0.717, 1.165) is 66.8 Å². The van der Waals surface area contributed by atoms with E-state index >= 15 is 0 Å². The molecule has 0 aliphatic heterocycles. The number of benzene rings is 7. The van der Waals surface area contributed by atoms with Gasteiger partial charge in [-0.2, -0.15) is 0 Å². The first-order valence-corrected chi connectivity index (χ1v) is 17.4. The van der Waals surface area contributed by atoms with Gasteiger partial charge in [0.2, 0.25) is 0 Å². The normalized spacial score (nSPS) is 11.4. The summed E-state index contributed by atoms with van der Waals surface area (Å²) in [6, 6.07) is 56.3. The molecular weight excluding hydrogens is 623 g/mol. The monoisotopic (exact) mass is 664 g/mol. The van der Waals surface area contributed by atoms with Gasteiger partial charge in [-0.15, -0.1) is 0 Å². The molecule has 0 aliphatic carbocycles. The Hall–Kier alpha value is -5.52. The summed E-state index contributed by atoms with van der Waals surface area (Å²) in [4.78, 5) is 0. The largest absolute Gasteiger partial charge is 0.635 e. The lowest BCUT2D eigenvalue weighted by Crippen LogP contribution is -2.39. The van der Waals surface area contributed by atoms with Crippen molar-refractivity contribution in [3.8, 4) is 44.5 Å². The molecule has 2 N–H and O–H groups in total. The second-order valence-corrected chi connectivity index (χ2v) is 13.3. The van der Waals surface area contributed by atoms with Crippen molar-refractivity contribution in [3.63, 3.8) is 0 Å². The van der Waals surface area contributed by atoms with Gasteiger partial charge in [0.1, 0.15) is 5.60 Å². The molecule has 250 valence electrons. The molecule has 0 amide bonds. The Morgan fingerprint density at radius 3 is 1.12 bits per heavy atom. The molecule has 0 fully saturated rings. The topological polar surface area (TPSA) is 49.7 Å². The fourth-order valence-corrected chi connectivity index (χ4v) is 7.40. The third-order valence-electron chi connectivity index (χ3n) is 10.1. The molecule has 0 saturated heterocycles. The van der Waals surface area contributed by atoms with Crippen molar-refractivity contribution in [1.29, 1.82) is 0 Å². The minimum absolute atomic E-state index is 0.774. The van der Waals surface area contributed by atoms with Crippen molar-refractivity contribution in [2.75, 3.05) is 0 Å². The zero-order valence-electron chi connectivity index (χ0n) is 29.5. The van der Waals surface area contributed by atoms with Gasteiger partial charge in [0.25, 0.3) is 0 Å². The highest BCUT2D eigenvalue weighted by Gasteiger charge is 2.41. The van der Waals surface area contributed by atoms with Crippen LogP contribution in [0.25, 0.3) is 44.5 Å². The zero-order chi connectivity index (χ0) is 35.5. The SMILES string of the molecule is Cc1ccccc1-c1ccc(C(OB(O)O)(c2ccc(-c3ccccc3C)cc2)c2ccc(-c3ccccc3C)c(-c3ccccc3C)c2)cc1. The molecular formula is C47H41BO3. The van der Waals surface area contributed by atoms with Crippen LogP contribution in [0.15, 0.2) is 164 Å². The van der Waals surface area contributed by atoms with Gasteiger partial charge in [-0.1, -0.05) is 158 Å². The maximum atomic E-state index is 10.7. The quantitative estimate of drug-likeness (QED) is 0.119. The molecule has 0 atom stereocenters. The van der Waals surface area contributed by atoms with Gasteiger partial charge in [-0.05, 0) is 117 Å². The second-order valence-electron chi connectivity index (χ2n) is 13.3. The predicted molar refractivity (Wildman–Crippen MR) is 211 cm³/mol. The fraction of sp³-hybridized carbons (Fsp3) is 0.106. The van der Waals surface area contributed by atoms with Crippen LogP contribution >= 0.6 is 0 Å². The summed E-state index contributed by atoms with van der Waals surface area (Å²) in [5, 5.41) is 21.5. The Balaban J connectivity index is 1.50.